The lowest BCUT2D eigenvalue weighted by molar-refractivity contribution is -0.121. The number of benzene rings is 2. The Labute approximate surface area is 267 Å². The van der Waals surface area contributed by atoms with E-state index in [1.165, 1.54) is 0 Å². The van der Waals surface area contributed by atoms with Gasteiger partial charge in [-0.1, -0.05) is 12.1 Å². The molecule has 6 bridgehead atoms. The van der Waals surface area contributed by atoms with E-state index in [0.29, 0.717) is 55.0 Å². The summed E-state index contributed by atoms with van der Waals surface area (Å²) >= 11 is 0. The average Bonchev–Trinajstić information content (AvgIpc) is 3.76. The summed E-state index contributed by atoms with van der Waals surface area (Å²) in [6.45, 7) is 3.76. The van der Waals surface area contributed by atoms with Gasteiger partial charge in [0, 0.05) is 55.4 Å². The van der Waals surface area contributed by atoms with Crippen LogP contribution in [0, 0.1) is 11.7 Å². The summed E-state index contributed by atoms with van der Waals surface area (Å²) in [6.07, 6.45) is 8.86. The van der Waals surface area contributed by atoms with Gasteiger partial charge in [-0.25, -0.2) is 8.78 Å². The highest BCUT2D eigenvalue weighted by Crippen LogP contribution is 2.42. The van der Waals surface area contributed by atoms with Crippen molar-refractivity contribution in [2.24, 2.45) is 5.92 Å². The highest BCUT2D eigenvalue weighted by molar-refractivity contribution is 6.00. The minimum atomic E-state index is -0.868. The summed E-state index contributed by atoms with van der Waals surface area (Å²) in [7, 11) is 0. The second-order valence-corrected chi connectivity index (χ2v) is 13.7. The minimum absolute atomic E-state index is 0.0844. The fourth-order valence-electron chi connectivity index (χ4n) is 8.46. The standard InChI is InChI=1S/C35H41F2N7O2/c36-24-17-35(13-4-16-44(35)20-24)21-46-34-40-32-26-10-9-25(31(32)37)30-23(8-11-28-27(30)18-39-42-28)6-1-2-7-29(45)38-14-12-22-5-3-15-43(19-22)33(26)41-34/h8-11,18,22,24H,1-7,12-17,19-21H2,(H,38,45)(H,39,42). The molecule has 46 heavy (non-hydrogen) atoms. The number of rotatable bonds is 3. The number of carbonyl (C=O) groups excluding carboxylic acids is 1. The first-order valence-electron chi connectivity index (χ1n) is 17.0. The number of nitrogens with zero attached hydrogens (tertiary/aromatic N) is 5. The van der Waals surface area contributed by atoms with E-state index in [1.54, 1.807) is 6.20 Å². The van der Waals surface area contributed by atoms with Crippen LogP contribution in [0.2, 0.25) is 0 Å². The topological polar surface area (TPSA) is 99.3 Å². The molecule has 9 nitrogen and oxygen atoms in total. The highest BCUT2D eigenvalue weighted by atomic mass is 19.1. The van der Waals surface area contributed by atoms with E-state index in [0.717, 1.165) is 86.6 Å². The van der Waals surface area contributed by atoms with Gasteiger partial charge in [-0.05, 0) is 87.1 Å². The van der Waals surface area contributed by atoms with Crippen molar-refractivity contribution in [2.75, 3.05) is 44.2 Å². The van der Waals surface area contributed by atoms with E-state index < -0.39 is 12.0 Å². The summed E-state index contributed by atoms with van der Waals surface area (Å²) < 4.78 is 37.9. The normalized spacial score (nSPS) is 25.9. The lowest BCUT2D eigenvalue weighted by atomic mass is 9.91. The third-order valence-electron chi connectivity index (χ3n) is 10.8. The molecule has 0 radical (unpaired) electrons. The van der Waals surface area contributed by atoms with Crippen molar-refractivity contribution in [1.82, 2.24) is 30.4 Å². The molecule has 2 aromatic heterocycles. The van der Waals surface area contributed by atoms with Crippen LogP contribution in [0.25, 0.3) is 32.9 Å². The molecule has 242 valence electrons. The molecule has 0 saturated carbocycles. The monoisotopic (exact) mass is 629 g/mol. The van der Waals surface area contributed by atoms with Gasteiger partial charge >= 0.3 is 6.01 Å². The number of fused-ring (bicyclic) bond motifs is 10. The van der Waals surface area contributed by atoms with Gasteiger partial charge in [0.05, 0.1) is 17.3 Å². The zero-order chi connectivity index (χ0) is 31.3. The average molecular weight is 630 g/mol. The van der Waals surface area contributed by atoms with E-state index in [4.69, 9.17) is 14.7 Å². The number of aryl methyl sites for hydroxylation is 1. The molecule has 3 unspecified atom stereocenters. The predicted molar refractivity (Wildman–Crippen MR) is 173 cm³/mol. The largest absolute Gasteiger partial charge is 0.461 e. The number of halogens is 2. The van der Waals surface area contributed by atoms with Crippen LogP contribution < -0.4 is 15.0 Å². The number of piperidine rings is 1. The maximum absolute atomic E-state index is 17.0. The van der Waals surface area contributed by atoms with Crippen LogP contribution in [-0.2, 0) is 11.2 Å². The van der Waals surface area contributed by atoms with Crippen molar-refractivity contribution in [1.29, 1.82) is 0 Å². The van der Waals surface area contributed by atoms with Gasteiger partial charge in [0.1, 0.15) is 24.1 Å². The number of hydrogen-bond acceptors (Lipinski definition) is 7. The lowest BCUT2D eigenvalue weighted by Gasteiger charge is -2.34. The fraction of sp³-hybridized carbons (Fsp3) is 0.543. The van der Waals surface area contributed by atoms with Crippen LogP contribution >= 0.6 is 0 Å². The molecule has 11 heteroatoms. The smallest absolute Gasteiger partial charge is 0.319 e. The second-order valence-electron chi connectivity index (χ2n) is 13.7. The Balaban J connectivity index is 1.25. The molecule has 7 heterocycles. The molecule has 2 aromatic carbocycles. The van der Waals surface area contributed by atoms with Crippen molar-refractivity contribution in [2.45, 2.75) is 75.9 Å². The van der Waals surface area contributed by atoms with Crippen LogP contribution in [0.5, 0.6) is 6.01 Å². The molecule has 3 fully saturated rings. The van der Waals surface area contributed by atoms with E-state index in [1.807, 2.05) is 24.3 Å². The van der Waals surface area contributed by atoms with Crippen LogP contribution in [0.1, 0.15) is 63.4 Å². The molecule has 0 spiro atoms. The number of ether oxygens (including phenoxy) is 1. The van der Waals surface area contributed by atoms with Crippen molar-refractivity contribution in [3.63, 3.8) is 0 Å². The number of anilines is 1. The SMILES string of the molecule is O=C1CCCCc2ccc3[nH]ncc3c2-c2ccc3c(nc(OCC45CCCN4CC(F)C5)nc3c2F)N2CCCC(CCN1)C2. The Morgan fingerprint density at radius 1 is 1.00 bits per heavy atom. The molecule has 5 aliphatic heterocycles. The first-order chi connectivity index (χ1) is 22.5. The number of carbonyl (C=O) groups is 1. The number of H-pyrrole nitrogens is 1. The lowest BCUT2D eigenvalue weighted by Crippen LogP contribution is -2.43. The number of amides is 1. The Morgan fingerprint density at radius 3 is 2.85 bits per heavy atom. The van der Waals surface area contributed by atoms with Gasteiger partial charge in [0.15, 0.2) is 5.82 Å². The molecule has 0 aliphatic carbocycles. The second kappa shape index (κ2) is 12.1. The molecule has 5 aliphatic rings. The zero-order valence-corrected chi connectivity index (χ0v) is 26.2. The van der Waals surface area contributed by atoms with E-state index in [2.05, 4.69) is 25.3 Å². The van der Waals surface area contributed by atoms with Crippen LogP contribution in [0.4, 0.5) is 14.6 Å². The maximum Gasteiger partial charge on any atom is 0.319 e. The minimum Gasteiger partial charge on any atom is -0.461 e. The van der Waals surface area contributed by atoms with Gasteiger partial charge < -0.3 is 15.0 Å². The molecule has 1 amide bonds. The molecule has 3 atom stereocenters. The summed E-state index contributed by atoms with van der Waals surface area (Å²) in [5, 5.41) is 11.9. The molecular weight excluding hydrogens is 588 g/mol. The number of nitrogens with one attached hydrogen (secondary N) is 2. The Bertz CT molecular complexity index is 1780. The van der Waals surface area contributed by atoms with Gasteiger partial charge in [-0.3, -0.25) is 14.8 Å². The molecule has 3 saturated heterocycles. The number of hydrogen-bond donors (Lipinski definition) is 2. The number of alkyl halides is 1. The van der Waals surface area contributed by atoms with E-state index in [-0.39, 0.29) is 29.6 Å². The predicted octanol–water partition coefficient (Wildman–Crippen LogP) is 5.72. The van der Waals surface area contributed by atoms with Crippen LogP contribution in [-0.4, -0.2) is 82.0 Å². The van der Waals surface area contributed by atoms with Crippen molar-refractivity contribution in [3.8, 4) is 17.1 Å². The van der Waals surface area contributed by atoms with E-state index in [9.17, 15) is 9.18 Å². The van der Waals surface area contributed by atoms with Crippen molar-refractivity contribution in [3.05, 3.63) is 41.8 Å². The Kier molecular flexibility index (Phi) is 7.74. The molecule has 4 aromatic rings. The van der Waals surface area contributed by atoms with E-state index >= 15 is 4.39 Å². The first-order valence-corrected chi connectivity index (χ1v) is 17.0. The molecular formula is C35H41F2N7O2. The highest BCUT2D eigenvalue weighted by Gasteiger charge is 2.49. The van der Waals surface area contributed by atoms with Gasteiger partial charge in [0.25, 0.3) is 0 Å². The van der Waals surface area contributed by atoms with Gasteiger partial charge in [0.2, 0.25) is 5.91 Å². The van der Waals surface area contributed by atoms with Crippen molar-refractivity contribution < 1.29 is 18.3 Å². The summed E-state index contributed by atoms with van der Waals surface area (Å²) in [5.41, 5.74) is 2.94. The summed E-state index contributed by atoms with van der Waals surface area (Å²) in [5.74, 6) is 0.706. The maximum atomic E-state index is 17.0. The van der Waals surface area contributed by atoms with Crippen LogP contribution in [0.15, 0.2) is 30.5 Å². The first kappa shape index (κ1) is 29.5. The Morgan fingerprint density at radius 2 is 1.91 bits per heavy atom. The molecule has 2 N–H and O–H groups in total. The van der Waals surface area contributed by atoms with Gasteiger partial charge in [-0.2, -0.15) is 15.1 Å². The number of aromatic nitrogens is 4. The third kappa shape index (κ3) is 5.36. The molecule has 9 rings (SSSR count). The van der Waals surface area contributed by atoms with Crippen LogP contribution in [0.3, 0.4) is 0 Å². The summed E-state index contributed by atoms with van der Waals surface area (Å²) in [6, 6.07) is 7.94. The van der Waals surface area contributed by atoms with Gasteiger partial charge in [-0.15, -0.1) is 0 Å². The van der Waals surface area contributed by atoms with Crippen molar-refractivity contribution >= 4 is 33.5 Å². The quantitative estimate of drug-likeness (QED) is 0.299. The Hall–Kier alpha value is -3.86. The summed E-state index contributed by atoms with van der Waals surface area (Å²) in [4.78, 5) is 26.7. The zero-order valence-electron chi connectivity index (χ0n) is 26.2. The fourth-order valence-corrected chi connectivity index (χ4v) is 8.46. The number of aromatic amines is 1. The third-order valence-corrected chi connectivity index (χ3v) is 10.8.